The van der Waals surface area contributed by atoms with E-state index in [2.05, 4.69) is 5.32 Å². The molecule has 2 aromatic rings. The highest BCUT2D eigenvalue weighted by Gasteiger charge is 2.28. The van der Waals surface area contributed by atoms with Crippen LogP contribution in [0.2, 0.25) is 5.02 Å². The van der Waals surface area contributed by atoms with E-state index < -0.39 is 0 Å². The van der Waals surface area contributed by atoms with Gasteiger partial charge in [0.25, 0.3) is 5.91 Å². The minimum atomic E-state index is -0.324. The maximum atomic E-state index is 12.4. The first-order valence-electron chi connectivity index (χ1n) is 7.82. The van der Waals surface area contributed by atoms with E-state index in [0.717, 1.165) is 5.56 Å². The lowest BCUT2D eigenvalue weighted by Gasteiger charge is -2.29. The molecule has 25 heavy (non-hydrogen) atoms. The molecule has 2 amide bonds. The Bertz CT molecular complexity index is 823. The Morgan fingerprint density at radius 3 is 2.88 bits per heavy atom. The SMILES string of the molecule is CC(N)c1ccc2c(c1)N(CC(=O)Nc1cccc(Cl)c1)C(=O)CO2. The molecule has 0 fully saturated rings. The Labute approximate surface area is 150 Å². The molecule has 7 heteroatoms. The summed E-state index contributed by atoms with van der Waals surface area (Å²) in [7, 11) is 0. The molecule has 1 unspecified atom stereocenters. The predicted octanol–water partition coefficient (Wildman–Crippen LogP) is 2.72. The van der Waals surface area contributed by atoms with Gasteiger partial charge in [-0.3, -0.25) is 14.5 Å². The lowest BCUT2D eigenvalue weighted by molar-refractivity contribution is -0.123. The van der Waals surface area contributed by atoms with E-state index >= 15 is 0 Å². The van der Waals surface area contributed by atoms with Gasteiger partial charge in [-0.2, -0.15) is 0 Å². The highest BCUT2D eigenvalue weighted by atomic mass is 35.5. The van der Waals surface area contributed by atoms with Crippen LogP contribution in [0.4, 0.5) is 11.4 Å². The molecule has 0 saturated carbocycles. The number of nitrogens with zero attached hydrogens (tertiary/aromatic N) is 1. The Kier molecular flexibility index (Phi) is 4.92. The van der Waals surface area contributed by atoms with Gasteiger partial charge in [0.05, 0.1) is 5.69 Å². The average Bonchev–Trinajstić information content (AvgIpc) is 2.57. The maximum absolute atomic E-state index is 12.4. The summed E-state index contributed by atoms with van der Waals surface area (Å²) in [6.45, 7) is 1.63. The number of halogens is 1. The van der Waals surface area contributed by atoms with Crippen molar-refractivity contribution in [1.82, 2.24) is 0 Å². The van der Waals surface area contributed by atoms with Gasteiger partial charge >= 0.3 is 0 Å². The maximum Gasteiger partial charge on any atom is 0.265 e. The van der Waals surface area contributed by atoms with E-state index in [0.29, 0.717) is 22.1 Å². The molecule has 3 N–H and O–H groups in total. The van der Waals surface area contributed by atoms with Gasteiger partial charge in [-0.1, -0.05) is 23.7 Å². The number of hydrogen-bond donors (Lipinski definition) is 2. The van der Waals surface area contributed by atoms with E-state index in [1.54, 1.807) is 36.4 Å². The summed E-state index contributed by atoms with van der Waals surface area (Å²) in [6.07, 6.45) is 0. The third-order valence-electron chi connectivity index (χ3n) is 3.86. The summed E-state index contributed by atoms with van der Waals surface area (Å²) in [5.41, 5.74) is 7.89. The molecule has 0 radical (unpaired) electrons. The smallest absolute Gasteiger partial charge is 0.265 e. The largest absolute Gasteiger partial charge is 0.482 e. The topological polar surface area (TPSA) is 84.7 Å². The molecule has 1 aliphatic rings. The van der Waals surface area contributed by atoms with Gasteiger partial charge in [-0.25, -0.2) is 0 Å². The Morgan fingerprint density at radius 2 is 2.16 bits per heavy atom. The zero-order valence-corrected chi connectivity index (χ0v) is 14.4. The van der Waals surface area contributed by atoms with Crippen molar-refractivity contribution in [3.05, 3.63) is 53.1 Å². The van der Waals surface area contributed by atoms with Crippen LogP contribution in [-0.4, -0.2) is 25.0 Å². The number of anilines is 2. The first-order chi connectivity index (χ1) is 11.9. The molecule has 3 rings (SSSR count). The normalized spacial score (nSPS) is 14.5. The number of nitrogens with two attached hydrogens (primary N) is 1. The van der Waals surface area contributed by atoms with Crippen LogP contribution in [0.25, 0.3) is 0 Å². The first-order valence-corrected chi connectivity index (χ1v) is 8.20. The van der Waals surface area contributed by atoms with Gasteiger partial charge < -0.3 is 15.8 Å². The van der Waals surface area contributed by atoms with Crippen molar-refractivity contribution in [3.63, 3.8) is 0 Å². The first kappa shape index (κ1) is 17.3. The number of nitrogens with one attached hydrogen (secondary N) is 1. The summed E-state index contributed by atoms with van der Waals surface area (Å²) < 4.78 is 5.44. The Hall–Kier alpha value is -2.57. The quantitative estimate of drug-likeness (QED) is 0.879. The molecule has 0 aromatic heterocycles. The number of ether oxygens (including phenoxy) is 1. The van der Waals surface area contributed by atoms with Crippen molar-refractivity contribution in [2.24, 2.45) is 5.73 Å². The predicted molar refractivity (Wildman–Crippen MR) is 97.0 cm³/mol. The molecular weight excluding hydrogens is 342 g/mol. The fourth-order valence-corrected chi connectivity index (χ4v) is 2.78. The highest BCUT2D eigenvalue weighted by molar-refractivity contribution is 6.30. The van der Waals surface area contributed by atoms with Crippen LogP contribution in [0.3, 0.4) is 0 Å². The highest BCUT2D eigenvalue weighted by Crippen LogP contribution is 2.34. The molecular formula is C18H18ClN3O3. The van der Waals surface area contributed by atoms with E-state index in [-0.39, 0.29) is 31.0 Å². The van der Waals surface area contributed by atoms with Gasteiger partial charge in [-0.15, -0.1) is 0 Å². The van der Waals surface area contributed by atoms with Crippen LogP contribution in [0, 0.1) is 0 Å². The zero-order chi connectivity index (χ0) is 18.0. The molecule has 1 heterocycles. The van der Waals surface area contributed by atoms with Crippen molar-refractivity contribution in [3.8, 4) is 5.75 Å². The summed E-state index contributed by atoms with van der Waals surface area (Å²) in [5, 5.41) is 3.26. The van der Waals surface area contributed by atoms with Gasteiger partial charge in [0.2, 0.25) is 5.91 Å². The van der Waals surface area contributed by atoms with E-state index in [9.17, 15) is 9.59 Å². The van der Waals surface area contributed by atoms with Gasteiger partial charge in [0, 0.05) is 16.8 Å². The molecule has 130 valence electrons. The monoisotopic (exact) mass is 359 g/mol. The second-order valence-corrected chi connectivity index (χ2v) is 6.28. The lowest BCUT2D eigenvalue weighted by atomic mass is 10.1. The minimum Gasteiger partial charge on any atom is -0.482 e. The van der Waals surface area contributed by atoms with Crippen molar-refractivity contribution in [2.45, 2.75) is 13.0 Å². The number of benzene rings is 2. The molecule has 1 atom stereocenters. The standard InChI is InChI=1S/C18H18ClN3O3/c1-11(20)12-5-6-16-15(7-12)22(18(24)10-25-16)9-17(23)21-14-4-2-3-13(19)8-14/h2-8,11H,9-10,20H2,1H3,(H,21,23). The molecule has 1 aliphatic heterocycles. The van der Waals surface area contributed by atoms with Crippen molar-refractivity contribution in [1.29, 1.82) is 0 Å². The molecule has 0 aliphatic carbocycles. The van der Waals surface area contributed by atoms with Crippen LogP contribution in [0.1, 0.15) is 18.5 Å². The second-order valence-electron chi connectivity index (χ2n) is 5.84. The molecule has 0 bridgehead atoms. The van der Waals surface area contributed by atoms with Gasteiger partial charge in [-0.05, 0) is 42.8 Å². The molecule has 0 saturated heterocycles. The van der Waals surface area contributed by atoms with Crippen LogP contribution in [0.5, 0.6) is 5.75 Å². The van der Waals surface area contributed by atoms with Crippen molar-refractivity contribution >= 4 is 34.8 Å². The van der Waals surface area contributed by atoms with Crippen molar-refractivity contribution < 1.29 is 14.3 Å². The lowest BCUT2D eigenvalue weighted by Crippen LogP contribution is -2.43. The fraction of sp³-hybridized carbons (Fsp3) is 0.222. The van der Waals surface area contributed by atoms with Crippen LogP contribution in [-0.2, 0) is 9.59 Å². The third kappa shape index (κ3) is 3.92. The van der Waals surface area contributed by atoms with Crippen LogP contribution in [0.15, 0.2) is 42.5 Å². The van der Waals surface area contributed by atoms with Crippen molar-refractivity contribution in [2.75, 3.05) is 23.4 Å². The summed E-state index contributed by atoms with van der Waals surface area (Å²) in [6, 6.07) is 12.0. The molecule has 0 spiro atoms. The summed E-state index contributed by atoms with van der Waals surface area (Å²) >= 11 is 5.91. The van der Waals surface area contributed by atoms with Gasteiger partial charge in [0.15, 0.2) is 6.61 Å². The van der Waals surface area contributed by atoms with E-state index in [4.69, 9.17) is 22.1 Å². The average molecular weight is 360 g/mol. The number of carbonyl (C=O) groups is 2. The Morgan fingerprint density at radius 1 is 1.36 bits per heavy atom. The summed E-state index contributed by atoms with van der Waals surface area (Å²) in [4.78, 5) is 26.0. The summed E-state index contributed by atoms with van der Waals surface area (Å²) in [5.74, 6) is -0.0511. The minimum absolute atomic E-state index is 0.102. The van der Waals surface area contributed by atoms with E-state index in [1.807, 2.05) is 13.0 Å². The third-order valence-corrected chi connectivity index (χ3v) is 4.10. The fourth-order valence-electron chi connectivity index (χ4n) is 2.59. The van der Waals surface area contributed by atoms with E-state index in [1.165, 1.54) is 4.90 Å². The molecule has 2 aromatic carbocycles. The van der Waals surface area contributed by atoms with Gasteiger partial charge in [0.1, 0.15) is 12.3 Å². The molecule has 6 nitrogen and oxygen atoms in total. The number of amides is 2. The Balaban J connectivity index is 1.81. The number of hydrogen-bond acceptors (Lipinski definition) is 4. The van der Waals surface area contributed by atoms with Crippen LogP contribution >= 0.6 is 11.6 Å². The number of fused-ring (bicyclic) bond motifs is 1. The number of rotatable bonds is 4. The second kappa shape index (κ2) is 7.13. The van der Waals surface area contributed by atoms with Crippen LogP contribution < -0.4 is 20.7 Å². The zero-order valence-electron chi connectivity index (χ0n) is 13.7. The number of carbonyl (C=O) groups excluding carboxylic acids is 2.